The van der Waals surface area contributed by atoms with Crippen LogP contribution in [0.1, 0.15) is 55.4 Å². The van der Waals surface area contributed by atoms with E-state index in [-0.39, 0.29) is 5.41 Å². The van der Waals surface area contributed by atoms with E-state index in [4.69, 9.17) is 0 Å². The van der Waals surface area contributed by atoms with Gasteiger partial charge in [-0.2, -0.15) is 0 Å². The van der Waals surface area contributed by atoms with Crippen molar-refractivity contribution >= 4 is 12.2 Å². The average Bonchev–Trinajstić information content (AvgIpc) is 2.71. The van der Waals surface area contributed by atoms with E-state index >= 15 is 0 Å². The maximum Gasteiger partial charge on any atom is 0.162 e. The highest BCUT2D eigenvalue weighted by Gasteiger charge is 2.25. The van der Waals surface area contributed by atoms with Crippen LogP contribution in [0.5, 0.6) is 0 Å². The molecule has 0 radical (unpaired) electrons. The van der Waals surface area contributed by atoms with E-state index < -0.39 is 0 Å². The molecule has 1 aliphatic heterocycles. The Morgan fingerprint density at radius 3 is 2.29 bits per heavy atom. The summed E-state index contributed by atoms with van der Waals surface area (Å²) in [6.07, 6.45) is 1.85. The van der Waals surface area contributed by atoms with Gasteiger partial charge in [0, 0.05) is 12.1 Å². The molecule has 0 spiro atoms. The maximum atomic E-state index is 4.69. The number of hydrogen-bond donors (Lipinski definition) is 1. The molecule has 21 heavy (non-hydrogen) atoms. The van der Waals surface area contributed by atoms with E-state index in [0.29, 0.717) is 17.9 Å². The number of nitrogens with one attached hydrogen (secondary N) is 1. The van der Waals surface area contributed by atoms with Crippen LogP contribution in [0.3, 0.4) is 0 Å². The molecule has 4 nitrogen and oxygen atoms in total. The molecule has 1 unspecified atom stereocenters. The molecule has 0 aliphatic carbocycles. The SMILES string of the molecule is C=C(/N=C1\C(=C(C)C)N=CN1C(C)C)NC(C)C(C)(C)C. The second-order valence-corrected chi connectivity index (χ2v) is 7.21. The smallest absolute Gasteiger partial charge is 0.162 e. The Kier molecular flexibility index (Phi) is 5.37. The first-order valence-electron chi connectivity index (χ1n) is 7.58. The van der Waals surface area contributed by atoms with Gasteiger partial charge in [0.05, 0.1) is 6.34 Å². The quantitative estimate of drug-likeness (QED) is 0.852. The van der Waals surface area contributed by atoms with Gasteiger partial charge >= 0.3 is 0 Å². The normalized spacial score (nSPS) is 18.6. The maximum absolute atomic E-state index is 4.69. The number of aliphatic imine (C=N–C) groups is 2. The summed E-state index contributed by atoms with van der Waals surface area (Å²) in [6.45, 7) is 21.2. The Bertz CT molecular complexity index is 485. The highest BCUT2D eigenvalue weighted by Crippen LogP contribution is 2.22. The zero-order valence-corrected chi connectivity index (χ0v) is 14.8. The molecule has 0 amide bonds. The summed E-state index contributed by atoms with van der Waals surface area (Å²) in [4.78, 5) is 11.3. The molecule has 0 aromatic heterocycles. The van der Waals surface area contributed by atoms with Crippen molar-refractivity contribution in [2.75, 3.05) is 0 Å². The van der Waals surface area contributed by atoms with E-state index in [1.807, 2.05) is 6.34 Å². The van der Waals surface area contributed by atoms with Gasteiger partial charge in [0.2, 0.25) is 0 Å². The molecule has 0 aromatic carbocycles. The monoisotopic (exact) mass is 290 g/mol. The fraction of sp³-hybridized carbons (Fsp3) is 0.647. The van der Waals surface area contributed by atoms with Gasteiger partial charge in [0.25, 0.3) is 0 Å². The lowest BCUT2D eigenvalue weighted by Crippen LogP contribution is -2.38. The molecule has 0 aromatic rings. The fourth-order valence-corrected chi connectivity index (χ4v) is 1.82. The van der Waals surface area contributed by atoms with E-state index in [1.165, 1.54) is 0 Å². The van der Waals surface area contributed by atoms with Crippen LogP contribution in [-0.4, -0.2) is 29.2 Å². The first kappa shape index (κ1) is 17.5. The van der Waals surface area contributed by atoms with Crippen molar-refractivity contribution in [3.05, 3.63) is 23.7 Å². The fourth-order valence-electron chi connectivity index (χ4n) is 1.82. The van der Waals surface area contributed by atoms with Gasteiger partial charge < -0.3 is 10.2 Å². The molecule has 4 heteroatoms. The minimum atomic E-state index is 0.159. The molecule has 1 heterocycles. The highest BCUT2D eigenvalue weighted by molar-refractivity contribution is 6.09. The summed E-state index contributed by atoms with van der Waals surface area (Å²) < 4.78 is 0. The third kappa shape index (κ3) is 4.45. The third-order valence-corrected chi connectivity index (χ3v) is 3.72. The Hall–Kier alpha value is -1.58. The lowest BCUT2D eigenvalue weighted by atomic mass is 9.88. The summed E-state index contributed by atoms with van der Waals surface area (Å²) in [6, 6.07) is 0.608. The van der Waals surface area contributed by atoms with Crippen LogP contribution in [0.2, 0.25) is 0 Å². The van der Waals surface area contributed by atoms with Gasteiger partial charge in [-0.25, -0.2) is 9.98 Å². The molecule has 1 atom stereocenters. The van der Waals surface area contributed by atoms with Crippen molar-refractivity contribution in [3.63, 3.8) is 0 Å². The highest BCUT2D eigenvalue weighted by atomic mass is 15.3. The van der Waals surface area contributed by atoms with Crippen LogP contribution >= 0.6 is 0 Å². The topological polar surface area (TPSA) is 40.0 Å². The zero-order chi connectivity index (χ0) is 16.4. The molecule has 1 N–H and O–H groups in total. The first-order valence-corrected chi connectivity index (χ1v) is 7.58. The van der Waals surface area contributed by atoms with Gasteiger partial charge in [-0.3, -0.25) is 0 Å². The van der Waals surface area contributed by atoms with Gasteiger partial charge in [-0.05, 0) is 45.6 Å². The van der Waals surface area contributed by atoms with E-state index in [2.05, 4.69) is 82.2 Å². The molecule has 1 aliphatic rings. The Labute approximate surface area is 129 Å². The van der Waals surface area contributed by atoms with Gasteiger partial charge in [0.15, 0.2) is 5.84 Å². The molecule has 0 fully saturated rings. The van der Waals surface area contributed by atoms with Crippen molar-refractivity contribution in [1.29, 1.82) is 0 Å². The summed E-state index contributed by atoms with van der Waals surface area (Å²) in [5.41, 5.74) is 2.26. The van der Waals surface area contributed by atoms with Gasteiger partial charge in [-0.15, -0.1) is 0 Å². The Morgan fingerprint density at radius 1 is 1.29 bits per heavy atom. The van der Waals surface area contributed by atoms with Gasteiger partial charge in [-0.1, -0.05) is 27.4 Å². The lowest BCUT2D eigenvalue weighted by molar-refractivity contribution is 0.302. The lowest BCUT2D eigenvalue weighted by Gasteiger charge is -2.29. The predicted octanol–water partition coefficient (Wildman–Crippen LogP) is 3.93. The van der Waals surface area contributed by atoms with E-state index in [1.54, 1.807) is 0 Å². The van der Waals surface area contributed by atoms with Crippen LogP contribution in [0.4, 0.5) is 0 Å². The average molecular weight is 290 g/mol. The first-order chi connectivity index (χ1) is 9.54. The summed E-state index contributed by atoms with van der Waals surface area (Å²) in [5, 5.41) is 3.38. The molecule has 1 rings (SSSR count). The van der Waals surface area contributed by atoms with Crippen molar-refractivity contribution in [2.24, 2.45) is 15.4 Å². The van der Waals surface area contributed by atoms with E-state index in [0.717, 1.165) is 17.1 Å². The number of hydrogen-bond acceptors (Lipinski definition) is 3. The minimum Gasteiger partial charge on any atom is -0.368 e. The number of nitrogens with zero attached hydrogens (tertiary/aromatic N) is 3. The summed E-state index contributed by atoms with van der Waals surface area (Å²) >= 11 is 0. The van der Waals surface area contributed by atoms with Crippen molar-refractivity contribution < 1.29 is 0 Å². The van der Waals surface area contributed by atoms with Crippen LogP contribution in [0.15, 0.2) is 33.7 Å². The van der Waals surface area contributed by atoms with Crippen molar-refractivity contribution in [3.8, 4) is 0 Å². The minimum absolute atomic E-state index is 0.159. The van der Waals surface area contributed by atoms with Crippen LogP contribution in [0.25, 0.3) is 0 Å². The third-order valence-electron chi connectivity index (χ3n) is 3.72. The summed E-state index contributed by atoms with van der Waals surface area (Å²) in [7, 11) is 0. The molecule has 0 saturated carbocycles. The molecule has 0 bridgehead atoms. The van der Waals surface area contributed by atoms with Crippen LogP contribution in [-0.2, 0) is 0 Å². The number of rotatable bonds is 4. The van der Waals surface area contributed by atoms with Crippen LogP contribution in [0, 0.1) is 5.41 Å². The van der Waals surface area contributed by atoms with E-state index in [9.17, 15) is 0 Å². The second-order valence-electron chi connectivity index (χ2n) is 7.21. The number of allylic oxidation sites excluding steroid dienone is 1. The second kappa shape index (κ2) is 6.46. The van der Waals surface area contributed by atoms with Gasteiger partial charge in [0.1, 0.15) is 11.5 Å². The Morgan fingerprint density at radius 2 is 1.86 bits per heavy atom. The van der Waals surface area contributed by atoms with Crippen molar-refractivity contribution in [1.82, 2.24) is 10.2 Å². The molecular formula is C17H30N4. The molecule has 118 valence electrons. The molecule has 0 saturated heterocycles. The summed E-state index contributed by atoms with van der Waals surface area (Å²) in [5.74, 6) is 1.56. The van der Waals surface area contributed by atoms with Crippen LogP contribution < -0.4 is 5.32 Å². The standard InChI is InChI=1S/C17H30N4/c1-11(2)15-16(21(10-18-15)12(3)4)20-14(6)19-13(5)17(7,8)9/h10,12-13,19H,6H2,1-5,7-9H3/b20-16+. The number of amidine groups is 1. The Balaban J connectivity index is 2.99. The zero-order valence-electron chi connectivity index (χ0n) is 14.8. The largest absolute Gasteiger partial charge is 0.368 e. The molecular weight excluding hydrogens is 260 g/mol. The predicted molar refractivity (Wildman–Crippen MR) is 92.5 cm³/mol. The van der Waals surface area contributed by atoms with Crippen molar-refractivity contribution in [2.45, 2.75) is 67.5 Å².